The lowest BCUT2D eigenvalue weighted by Crippen LogP contribution is -2.15. The molecule has 2 N–H and O–H groups in total. The first kappa shape index (κ1) is 11.2. The fourth-order valence-electron chi connectivity index (χ4n) is 0.907. The molecule has 74 valence electrons. The minimum absolute atomic E-state index is 0.0942. The summed E-state index contributed by atoms with van der Waals surface area (Å²) in [4.78, 5) is 3.66. The Labute approximate surface area is 90.3 Å². The summed E-state index contributed by atoms with van der Waals surface area (Å²) in [5.41, 5.74) is 0.254. The maximum absolute atomic E-state index is 9.42. The monoisotopic (exact) mass is 232 g/mol. The number of pyridine rings is 1. The molecule has 2 atom stereocenters. The smallest absolute Gasteiger partial charge is 0.170 e. The quantitative estimate of drug-likeness (QED) is 0.596. The van der Waals surface area contributed by atoms with Crippen LogP contribution in [-0.4, -0.2) is 21.3 Å². The number of nitrogens with zero attached hydrogens (tertiary/aromatic N) is 2. The van der Waals surface area contributed by atoms with Crippen LogP contribution in [0.1, 0.15) is 11.7 Å². The summed E-state index contributed by atoms with van der Waals surface area (Å²) < 4.78 is 0. The van der Waals surface area contributed by atoms with E-state index in [4.69, 9.17) is 33.6 Å². The number of hydrogen-bond donors (Lipinski definition) is 2. The van der Waals surface area contributed by atoms with Crippen molar-refractivity contribution in [3.8, 4) is 6.07 Å². The summed E-state index contributed by atoms with van der Waals surface area (Å²) >= 11 is 11.1. The van der Waals surface area contributed by atoms with Crippen LogP contribution in [0.2, 0.25) is 10.3 Å². The number of aliphatic hydroxyl groups excluding tert-OH is 2. The van der Waals surface area contributed by atoms with E-state index in [0.29, 0.717) is 0 Å². The van der Waals surface area contributed by atoms with Gasteiger partial charge in [0.05, 0.1) is 6.07 Å². The summed E-state index contributed by atoms with van der Waals surface area (Å²) in [5.74, 6) is 0. The van der Waals surface area contributed by atoms with Crippen LogP contribution in [0.15, 0.2) is 12.1 Å². The highest BCUT2D eigenvalue weighted by Crippen LogP contribution is 2.22. The number of nitriles is 1. The van der Waals surface area contributed by atoms with Gasteiger partial charge in [-0.1, -0.05) is 23.2 Å². The predicted octanol–water partition coefficient (Wildman–Crippen LogP) is 1.31. The molecule has 0 amide bonds. The van der Waals surface area contributed by atoms with Crippen molar-refractivity contribution in [1.29, 1.82) is 5.26 Å². The van der Waals surface area contributed by atoms with Gasteiger partial charge in [-0.3, -0.25) is 0 Å². The predicted molar refractivity (Wildman–Crippen MR) is 50.8 cm³/mol. The van der Waals surface area contributed by atoms with E-state index in [-0.39, 0.29) is 15.9 Å². The normalized spacial score (nSPS) is 14.5. The number of hydrogen-bond acceptors (Lipinski definition) is 4. The van der Waals surface area contributed by atoms with E-state index in [1.54, 1.807) is 0 Å². The van der Waals surface area contributed by atoms with Gasteiger partial charge in [-0.25, -0.2) is 4.98 Å². The maximum atomic E-state index is 9.42. The molecule has 0 aliphatic carbocycles. The Morgan fingerprint density at radius 1 is 1.29 bits per heavy atom. The first-order valence-corrected chi connectivity index (χ1v) is 4.39. The van der Waals surface area contributed by atoms with Crippen molar-refractivity contribution in [3.05, 3.63) is 28.0 Å². The van der Waals surface area contributed by atoms with Crippen molar-refractivity contribution in [3.63, 3.8) is 0 Å². The van der Waals surface area contributed by atoms with Crippen molar-refractivity contribution in [2.45, 2.75) is 12.2 Å². The molecule has 0 bridgehead atoms. The van der Waals surface area contributed by atoms with Gasteiger partial charge in [0.1, 0.15) is 16.4 Å². The van der Waals surface area contributed by atoms with E-state index in [1.807, 2.05) is 0 Å². The average Bonchev–Trinajstić information content (AvgIpc) is 2.14. The van der Waals surface area contributed by atoms with Crippen molar-refractivity contribution < 1.29 is 10.2 Å². The molecule has 1 aromatic rings. The molecule has 0 aliphatic rings. The zero-order chi connectivity index (χ0) is 10.7. The van der Waals surface area contributed by atoms with Gasteiger partial charge in [0, 0.05) is 0 Å². The zero-order valence-electron chi connectivity index (χ0n) is 6.85. The standard InChI is InChI=1S/C8H6Cl2N2O2/c9-6-1-4(2-7(10)12-6)8(14)5(13)3-11/h1-2,5,8,13-14H. The van der Waals surface area contributed by atoms with E-state index in [9.17, 15) is 5.11 Å². The molecule has 6 heteroatoms. The molecule has 0 radical (unpaired) electrons. The summed E-state index contributed by atoms with van der Waals surface area (Å²) in [6, 6.07) is 4.17. The minimum Gasteiger partial charge on any atom is -0.385 e. The molecule has 1 heterocycles. The Hall–Kier alpha value is -0.860. The van der Waals surface area contributed by atoms with Crippen LogP contribution in [0, 0.1) is 11.3 Å². The molecule has 0 spiro atoms. The number of halogens is 2. The third kappa shape index (κ3) is 2.56. The Kier molecular flexibility index (Phi) is 3.67. The first-order valence-electron chi connectivity index (χ1n) is 3.63. The zero-order valence-corrected chi connectivity index (χ0v) is 8.37. The van der Waals surface area contributed by atoms with Crippen molar-refractivity contribution in [2.24, 2.45) is 0 Å². The van der Waals surface area contributed by atoms with Crippen LogP contribution >= 0.6 is 23.2 Å². The highest BCUT2D eigenvalue weighted by Gasteiger charge is 2.18. The molecular formula is C8H6Cl2N2O2. The van der Waals surface area contributed by atoms with E-state index >= 15 is 0 Å². The van der Waals surface area contributed by atoms with E-state index in [1.165, 1.54) is 18.2 Å². The second kappa shape index (κ2) is 4.58. The van der Waals surface area contributed by atoms with Crippen LogP contribution < -0.4 is 0 Å². The Bertz CT molecular complexity index is 358. The van der Waals surface area contributed by atoms with Crippen LogP contribution in [0.4, 0.5) is 0 Å². The Balaban J connectivity index is 3.02. The lowest BCUT2D eigenvalue weighted by Gasteiger charge is -2.11. The molecular weight excluding hydrogens is 227 g/mol. The average molecular weight is 233 g/mol. The number of aliphatic hydroxyl groups is 2. The molecule has 14 heavy (non-hydrogen) atoms. The summed E-state index contributed by atoms with van der Waals surface area (Å²) in [6.07, 6.45) is -2.84. The van der Waals surface area contributed by atoms with Gasteiger partial charge in [-0.15, -0.1) is 0 Å². The van der Waals surface area contributed by atoms with Crippen LogP contribution in [-0.2, 0) is 0 Å². The van der Waals surface area contributed by atoms with Gasteiger partial charge in [0.15, 0.2) is 6.10 Å². The third-order valence-electron chi connectivity index (χ3n) is 1.56. The van der Waals surface area contributed by atoms with Gasteiger partial charge in [-0.2, -0.15) is 5.26 Å². The van der Waals surface area contributed by atoms with E-state index in [0.717, 1.165) is 0 Å². The summed E-state index contributed by atoms with van der Waals surface area (Å²) in [5, 5.41) is 27.0. The SMILES string of the molecule is N#CC(O)C(O)c1cc(Cl)nc(Cl)c1. The van der Waals surface area contributed by atoms with Gasteiger partial charge >= 0.3 is 0 Å². The van der Waals surface area contributed by atoms with Crippen LogP contribution in [0.3, 0.4) is 0 Å². The second-order valence-corrected chi connectivity index (χ2v) is 3.34. The topological polar surface area (TPSA) is 77.1 Å². The third-order valence-corrected chi connectivity index (χ3v) is 1.95. The second-order valence-electron chi connectivity index (χ2n) is 2.56. The molecule has 0 aromatic carbocycles. The van der Waals surface area contributed by atoms with Crippen molar-refractivity contribution in [2.75, 3.05) is 0 Å². The maximum Gasteiger partial charge on any atom is 0.170 e. The molecule has 2 unspecified atom stereocenters. The molecule has 0 saturated heterocycles. The Morgan fingerprint density at radius 2 is 1.79 bits per heavy atom. The van der Waals surface area contributed by atoms with Gasteiger partial charge < -0.3 is 10.2 Å². The van der Waals surface area contributed by atoms with Gasteiger partial charge in [0.2, 0.25) is 0 Å². The number of aromatic nitrogens is 1. The lowest BCUT2D eigenvalue weighted by atomic mass is 10.1. The molecule has 0 aliphatic heterocycles. The highest BCUT2D eigenvalue weighted by atomic mass is 35.5. The number of rotatable bonds is 2. The van der Waals surface area contributed by atoms with Crippen LogP contribution in [0.5, 0.6) is 0 Å². The summed E-state index contributed by atoms with van der Waals surface area (Å²) in [6.45, 7) is 0. The van der Waals surface area contributed by atoms with E-state index in [2.05, 4.69) is 4.98 Å². The fourth-order valence-corrected chi connectivity index (χ4v) is 1.38. The molecule has 0 fully saturated rings. The molecule has 4 nitrogen and oxygen atoms in total. The Morgan fingerprint density at radius 3 is 2.21 bits per heavy atom. The molecule has 1 rings (SSSR count). The van der Waals surface area contributed by atoms with Gasteiger partial charge in [-0.05, 0) is 17.7 Å². The van der Waals surface area contributed by atoms with E-state index < -0.39 is 12.2 Å². The largest absolute Gasteiger partial charge is 0.385 e. The fraction of sp³-hybridized carbons (Fsp3) is 0.250. The first-order chi connectivity index (χ1) is 6.54. The summed E-state index contributed by atoms with van der Waals surface area (Å²) in [7, 11) is 0. The molecule has 0 saturated carbocycles. The molecule has 1 aromatic heterocycles. The lowest BCUT2D eigenvalue weighted by molar-refractivity contribution is 0.0527. The minimum atomic E-state index is -1.51. The highest BCUT2D eigenvalue weighted by molar-refractivity contribution is 6.32. The van der Waals surface area contributed by atoms with Crippen LogP contribution in [0.25, 0.3) is 0 Å². The van der Waals surface area contributed by atoms with Crippen molar-refractivity contribution in [1.82, 2.24) is 4.98 Å². The van der Waals surface area contributed by atoms with Gasteiger partial charge in [0.25, 0.3) is 0 Å². The van der Waals surface area contributed by atoms with Crippen molar-refractivity contribution >= 4 is 23.2 Å².